The fraction of sp³-hybridized carbons (Fsp3) is 0.467. The summed E-state index contributed by atoms with van der Waals surface area (Å²) in [6, 6.07) is 1.14. The van der Waals surface area contributed by atoms with E-state index in [1.54, 1.807) is 37.2 Å². The molecule has 2 aliphatic rings. The van der Waals surface area contributed by atoms with Crippen molar-refractivity contribution in [2.75, 3.05) is 6.61 Å². The summed E-state index contributed by atoms with van der Waals surface area (Å²) < 4.78 is 13.4. The van der Waals surface area contributed by atoms with Crippen LogP contribution < -0.4 is 5.32 Å². The van der Waals surface area contributed by atoms with Crippen LogP contribution in [0.2, 0.25) is 5.02 Å². The van der Waals surface area contributed by atoms with Crippen LogP contribution in [0.25, 0.3) is 0 Å². The van der Waals surface area contributed by atoms with Crippen molar-refractivity contribution in [2.45, 2.75) is 37.1 Å². The third-order valence-electron chi connectivity index (χ3n) is 4.37. The highest BCUT2D eigenvalue weighted by atomic mass is 35.5. The summed E-state index contributed by atoms with van der Waals surface area (Å²) in [5, 5.41) is 14.8. The van der Waals surface area contributed by atoms with E-state index in [0.717, 1.165) is 5.56 Å². The fourth-order valence-electron chi connectivity index (χ4n) is 3.18. The molecule has 2 N–H and O–H groups in total. The molecule has 2 saturated heterocycles. The first kappa shape index (κ1) is 15.0. The number of aliphatic hydroxyl groups is 1. The summed E-state index contributed by atoms with van der Waals surface area (Å²) in [4.78, 5) is 8.12. The summed E-state index contributed by atoms with van der Waals surface area (Å²) in [6.07, 6.45) is 7.19. The van der Waals surface area contributed by atoms with Gasteiger partial charge in [-0.2, -0.15) is 0 Å². The molecule has 2 aromatic heterocycles. The molecular formula is C15H17ClN4O3. The zero-order valence-corrected chi connectivity index (χ0v) is 13.0. The number of halogens is 1. The maximum Gasteiger partial charge on any atom is 0.181 e. The van der Waals surface area contributed by atoms with E-state index in [9.17, 15) is 5.11 Å². The van der Waals surface area contributed by atoms with Gasteiger partial charge in [-0.05, 0) is 6.07 Å². The van der Waals surface area contributed by atoms with Crippen LogP contribution in [0, 0.1) is 0 Å². The molecular weight excluding hydrogens is 320 g/mol. The topological polar surface area (TPSA) is 81.4 Å². The van der Waals surface area contributed by atoms with Gasteiger partial charge >= 0.3 is 0 Å². The van der Waals surface area contributed by atoms with Gasteiger partial charge in [-0.25, -0.2) is 4.98 Å². The predicted octanol–water partition coefficient (Wildman–Crippen LogP) is 0.747. The van der Waals surface area contributed by atoms with Crippen LogP contribution in [0.5, 0.6) is 0 Å². The second kappa shape index (κ2) is 6.18. The van der Waals surface area contributed by atoms with Gasteiger partial charge in [-0.1, -0.05) is 11.6 Å². The number of ether oxygens (including phenoxy) is 2. The smallest absolute Gasteiger partial charge is 0.181 e. The largest absolute Gasteiger partial charge is 0.389 e. The quantitative estimate of drug-likeness (QED) is 0.857. The summed E-state index contributed by atoms with van der Waals surface area (Å²) in [7, 11) is 0. The maximum atomic E-state index is 10.8. The summed E-state index contributed by atoms with van der Waals surface area (Å²) in [6.45, 7) is 0.945. The van der Waals surface area contributed by atoms with Gasteiger partial charge in [0.2, 0.25) is 0 Å². The molecule has 5 atom stereocenters. The van der Waals surface area contributed by atoms with Crippen LogP contribution in [0.3, 0.4) is 0 Å². The first-order chi connectivity index (χ1) is 11.2. The van der Waals surface area contributed by atoms with Gasteiger partial charge < -0.3 is 24.5 Å². The van der Waals surface area contributed by atoms with Gasteiger partial charge in [0.1, 0.15) is 12.1 Å². The molecule has 4 rings (SSSR count). The summed E-state index contributed by atoms with van der Waals surface area (Å²) in [5.74, 6) is 0. The molecule has 0 spiro atoms. The third-order valence-corrected chi connectivity index (χ3v) is 4.74. The second-order valence-corrected chi connectivity index (χ2v) is 6.15. The molecule has 2 bridgehead atoms. The average molecular weight is 337 g/mol. The Labute approximate surface area is 138 Å². The minimum Gasteiger partial charge on any atom is -0.389 e. The molecule has 0 saturated carbocycles. The number of aliphatic hydroxyl groups excluding tert-OH is 1. The standard InChI is InChI=1S/C15H17ClN4O3/c16-10-1-2-17-5-9(10)6-19-12-11-7-22-15(23-11)13(14(12)21)20-4-3-18-8-20/h1-5,8,11-15,19,21H,6-7H2/t11-,12-,13-,14+,15-/m1/s1. The molecule has 2 aliphatic heterocycles. The molecule has 0 radical (unpaired) electrons. The van der Waals surface area contributed by atoms with Gasteiger partial charge in [0.15, 0.2) is 6.29 Å². The summed E-state index contributed by atoms with van der Waals surface area (Å²) >= 11 is 6.16. The van der Waals surface area contributed by atoms with Gasteiger partial charge in [0.05, 0.1) is 25.1 Å². The minimum atomic E-state index is -0.661. The lowest BCUT2D eigenvalue weighted by Gasteiger charge is -2.39. The van der Waals surface area contributed by atoms with Crippen LogP contribution in [0.15, 0.2) is 37.2 Å². The van der Waals surface area contributed by atoms with Crippen LogP contribution in [-0.4, -0.2) is 50.8 Å². The molecule has 8 heteroatoms. The van der Waals surface area contributed by atoms with Crippen molar-refractivity contribution < 1.29 is 14.6 Å². The van der Waals surface area contributed by atoms with Crippen molar-refractivity contribution in [3.63, 3.8) is 0 Å². The lowest BCUT2D eigenvalue weighted by molar-refractivity contribution is -0.165. The van der Waals surface area contributed by atoms with Crippen LogP contribution in [0.4, 0.5) is 0 Å². The van der Waals surface area contributed by atoms with E-state index in [1.165, 1.54) is 0 Å². The van der Waals surface area contributed by atoms with Crippen molar-refractivity contribution in [1.29, 1.82) is 0 Å². The Kier molecular flexibility index (Phi) is 4.04. The number of hydrogen-bond donors (Lipinski definition) is 2. The Morgan fingerprint density at radius 2 is 2.30 bits per heavy atom. The zero-order valence-electron chi connectivity index (χ0n) is 12.2. The molecule has 2 aromatic rings. The summed E-state index contributed by atoms with van der Waals surface area (Å²) in [5.41, 5.74) is 0.876. The van der Waals surface area contributed by atoms with Crippen LogP contribution in [0.1, 0.15) is 11.6 Å². The van der Waals surface area contributed by atoms with Gasteiger partial charge in [-0.3, -0.25) is 4.98 Å². The lowest BCUT2D eigenvalue weighted by atomic mass is 9.95. The maximum absolute atomic E-state index is 10.8. The van der Waals surface area contributed by atoms with E-state index in [1.807, 2.05) is 4.57 Å². The minimum absolute atomic E-state index is 0.190. The molecule has 7 nitrogen and oxygen atoms in total. The first-order valence-electron chi connectivity index (χ1n) is 7.48. The number of pyridine rings is 1. The SMILES string of the molecule is O[C@H]1[C@H](NCc2cnccc2Cl)[C@H]2CO[C@H](O2)[C@@H]1n1ccnc1. The van der Waals surface area contributed by atoms with Crippen molar-refractivity contribution in [3.05, 3.63) is 47.8 Å². The highest BCUT2D eigenvalue weighted by molar-refractivity contribution is 6.31. The monoisotopic (exact) mass is 336 g/mol. The number of rotatable bonds is 4. The van der Waals surface area contributed by atoms with E-state index in [-0.39, 0.29) is 18.2 Å². The van der Waals surface area contributed by atoms with Crippen molar-refractivity contribution >= 4 is 11.6 Å². The van der Waals surface area contributed by atoms with E-state index in [2.05, 4.69) is 15.3 Å². The second-order valence-electron chi connectivity index (χ2n) is 5.74. The zero-order chi connectivity index (χ0) is 15.8. The van der Waals surface area contributed by atoms with Crippen molar-refractivity contribution in [2.24, 2.45) is 0 Å². The number of aromatic nitrogens is 3. The molecule has 2 fully saturated rings. The first-order valence-corrected chi connectivity index (χ1v) is 7.86. The van der Waals surface area contributed by atoms with E-state index >= 15 is 0 Å². The van der Waals surface area contributed by atoms with Gasteiger partial charge in [-0.15, -0.1) is 0 Å². The molecule has 23 heavy (non-hydrogen) atoms. The van der Waals surface area contributed by atoms with Gasteiger partial charge in [0, 0.05) is 41.9 Å². The third kappa shape index (κ3) is 2.75. The van der Waals surface area contributed by atoms with Crippen molar-refractivity contribution in [1.82, 2.24) is 19.9 Å². The Bertz CT molecular complexity index is 669. The average Bonchev–Trinajstić information content (AvgIpc) is 3.21. The lowest BCUT2D eigenvalue weighted by Crippen LogP contribution is -2.57. The number of hydrogen-bond acceptors (Lipinski definition) is 6. The molecule has 4 heterocycles. The number of fused-ring (bicyclic) bond motifs is 2. The van der Waals surface area contributed by atoms with Gasteiger partial charge in [0.25, 0.3) is 0 Å². The highest BCUT2D eigenvalue weighted by Gasteiger charge is 2.50. The molecule has 0 aromatic carbocycles. The Balaban J connectivity index is 1.52. The highest BCUT2D eigenvalue weighted by Crippen LogP contribution is 2.35. The molecule has 122 valence electrons. The van der Waals surface area contributed by atoms with E-state index in [4.69, 9.17) is 21.1 Å². The number of imidazole rings is 1. The Hall–Kier alpha value is -1.51. The number of nitrogens with zero attached hydrogens (tertiary/aromatic N) is 3. The normalized spacial score (nSPS) is 33.0. The Morgan fingerprint density at radius 3 is 3.09 bits per heavy atom. The molecule has 0 aliphatic carbocycles. The van der Waals surface area contributed by atoms with E-state index < -0.39 is 12.4 Å². The Morgan fingerprint density at radius 1 is 1.39 bits per heavy atom. The van der Waals surface area contributed by atoms with E-state index in [0.29, 0.717) is 18.2 Å². The van der Waals surface area contributed by atoms with Crippen LogP contribution >= 0.6 is 11.6 Å². The molecule has 0 amide bonds. The molecule has 0 unspecified atom stereocenters. The number of nitrogens with one attached hydrogen (secondary N) is 1. The van der Waals surface area contributed by atoms with Crippen molar-refractivity contribution in [3.8, 4) is 0 Å². The predicted molar refractivity (Wildman–Crippen MR) is 81.8 cm³/mol. The van der Waals surface area contributed by atoms with Crippen LogP contribution in [-0.2, 0) is 16.0 Å². The fourth-order valence-corrected chi connectivity index (χ4v) is 3.36.